The third-order valence-corrected chi connectivity index (χ3v) is 6.47. The molecule has 6 rings (SSSR count). The van der Waals surface area contributed by atoms with Crippen molar-refractivity contribution in [3.8, 4) is 0 Å². The topological polar surface area (TPSA) is 69.6 Å². The number of fused-ring (bicyclic) bond motifs is 2. The van der Waals surface area contributed by atoms with Crippen LogP contribution in [0.3, 0.4) is 0 Å². The zero-order chi connectivity index (χ0) is 24.5. The Morgan fingerprint density at radius 3 is 2.66 bits per heavy atom. The van der Waals surface area contributed by atoms with Gasteiger partial charge in [0.2, 0.25) is 5.91 Å². The number of hydrogen-bond donors (Lipinski definition) is 0. The van der Waals surface area contributed by atoms with Gasteiger partial charge in [0.05, 0.1) is 11.7 Å². The maximum Gasteiger partial charge on any atom is 0.260 e. The number of carbonyl (C=O) groups excluding carboxylic acids is 2. The van der Waals surface area contributed by atoms with Crippen molar-refractivity contribution in [1.29, 1.82) is 0 Å². The van der Waals surface area contributed by atoms with E-state index >= 15 is 0 Å². The van der Waals surface area contributed by atoms with Gasteiger partial charge in [0.15, 0.2) is 5.82 Å². The van der Waals surface area contributed by atoms with Crippen LogP contribution in [0.4, 0.5) is 17.3 Å². The number of pyridine rings is 2. The minimum atomic E-state index is -2.64. The molecule has 2 amide bonds. The Bertz CT molecular complexity index is 1340. The number of benzene rings is 1. The summed E-state index contributed by atoms with van der Waals surface area (Å²) in [4.78, 5) is 40.2. The van der Waals surface area contributed by atoms with Crippen molar-refractivity contribution in [3.63, 3.8) is 0 Å². The van der Waals surface area contributed by atoms with Gasteiger partial charge in [0, 0.05) is 35.1 Å². The van der Waals surface area contributed by atoms with Gasteiger partial charge in [-0.2, -0.15) is 0 Å². The molecule has 4 heterocycles. The highest BCUT2D eigenvalue weighted by molar-refractivity contribution is 6.12. The summed E-state index contributed by atoms with van der Waals surface area (Å²) in [5, 5.41) is 0. The number of carbonyl (C=O) groups is 2. The van der Waals surface area contributed by atoms with Gasteiger partial charge in [-0.25, -0.2) is 4.98 Å². The molecule has 1 aliphatic carbocycles. The lowest BCUT2D eigenvalue weighted by molar-refractivity contribution is -0.119. The van der Waals surface area contributed by atoms with Crippen LogP contribution in [0.5, 0.6) is 0 Å². The maximum absolute atomic E-state index is 13.6. The molecule has 1 aromatic carbocycles. The minimum absolute atomic E-state index is 0.120. The second-order valence-electron chi connectivity index (χ2n) is 8.45. The van der Waals surface area contributed by atoms with E-state index < -0.39 is 25.0 Å². The van der Waals surface area contributed by atoms with E-state index in [0.717, 1.165) is 28.9 Å². The molecule has 2 atom stereocenters. The van der Waals surface area contributed by atoms with E-state index in [9.17, 15) is 9.59 Å². The lowest BCUT2D eigenvalue weighted by Gasteiger charge is -2.40. The van der Waals surface area contributed by atoms with Crippen LogP contribution in [0.25, 0.3) is 0 Å². The van der Waals surface area contributed by atoms with Crippen molar-refractivity contribution < 1.29 is 13.7 Å². The molecule has 0 saturated heterocycles. The number of aromatic nitrogens is 2. The number of anilines is 3. The molecular weight excluding hydrogens is 402 g/mol. The van der Waals surface area contributed by atoms with Crippen molar-refractivity contribution in [2.24, 2.45) is 0 Å². The average Bonchev–Trinajstić information content (AvgIpc) is 3.63. The number of hydrogen-bond acceptors (Lipinski definition) is 5. The second-order valence-corrected chi connectivity index (χ2v) is 8.45. The van der Waals surface area contributed by atoms with E-state index in [0.29, 0.717) is 17.2 Å². The van der Waals surface area contributed by atoms with Gasteiger partial charge < -0.3 is 9.80 Å². The van der Waals surface area contributed by atoms with Crippen LogP contribution < -0.4 is 14.7 Å². The first-order valence-corrected chi connectivity index (χ1v) is 10.7. The second kappa shape index (κ2) is 6.88. The van der Waals surface area contributed by atoms with Gasteiger partial charge in [-0.3, -0.25) is 19.5 Å². The first kappa shape index (κ1) is 16.0. The van der Waals surface area contributed by atoms with E-state index in [-0.39, 0.29) is 17.6 Å². The lowest BCUT2D eigenvalue weighted by atomic mass is 9.99. The summed E-state index contributed by atoms with van der Waals surface area (Å²) in [7, 11) is 0. The van der Waals surface area contributed by atoms with Crippen LogP contribution in [-0.4, -0.2) is 40.8 Å². The molecule has 2 aromatic heterocycles. The van der Waals surface area contributed by atoms with Gasteiger partial charge in [-0.1, -0.05) is 24.3 Å². The summed E-state index contributed by atoms with van der Waals surface area (Å²) in [5.41, 5.74) is 2.53. The van der Waals surface area contributed by atoms with Crippen LogP contribution in [0.2, 0.25) is 0 Å². The van der Waals surface area contributed by atoms with Crippen LogP contribution in [-0.2, 0) is 4.79 Å². The van der Waals surface area contributed by atoms with Gasteiger partial charge in [0.25, 0.3) is 5.91 Å². The van der Waals surface area contributed by atoms with E-state index in [1.807, 2.05) is 35.2 Å². The quantitative estimate of drug-likeness (QED) is 0.638. The SMILES string of the molecule is [2H]C([2H])([2H])N1C(=O)C(C)N(C2CC2)c2nc(N3C(=O)c4ccccc4C3c3cccnc3)ccc21. The van der Waals surface area contributed by atoms with Crippen molar-refractivity contribution in [3.05, 3.63) is 77.6 Å². The van der Waals surface area contributed by atoms with Gasteiger partial charge in [-0.05, 0) is 55.2 Å². The summed E-state index contributed by atoms with van der Waals surface area (Å²) < 4.78 is 23.9. The highest BCUT2D eigenvalue weighted by atomic mass is 16.2. The summed E-state index contributed by atoms with van der Waals surface area (Å²) in [6.45, 7) is -0.928. The van der Waals surface area contributed by atoms with E-state index in [4.69, 9.17) is 9.10 Å². The Morgan fingerprint density at radius 2 is 1.91 bits per heavy atom. The van der Waals surface area contributed by atoms with Crippen LogP contribution in [0.1, 0.15) is 51.4 Å². The largest absolute Gasteiger partial charge is 0.340 e. The van der Waals surface area contributed by atoms with Crippen molar-refractivity contribution in [2.45, 2.75) is 37.9 Å². The summed E-state index contributed by atoms with van der Waals surface area (Å²) in [6, 6.07) is 13.5. The molecule has 3 aromatic rings. The van der Waals surface area contributed by atoms with Crippen molar-refractivity contribution in [2.75, 3.05) is 21.7 Å². The number of amides is 2. The number of likely N-dealkylation sites (N-methyl/N-ethyl adjacent to an activating group) is 1. The molecule has 2 unspecified atom stereocenters. The zero-order valence-corrected chi connectivity index (χ0v) is 17.5. The summed E-state index contributed by atoms with van der Waals surface area (Å²) in [5.74, 6) is 0.155. The normalized spacial score (nSPS) is 24.0. The lowest BCUT2D eigenvalue weighted by Crippen LogP contribution is -2.52. The predicted octanol–water partition coefficient (Wildman–Crippen LogP) is 3.56. The average molecular weight is 429 g/mol. The molecule has 32 heavy (non-hydrogen) atoms. The Labute approximate surface area is 190 Å². The third-order valence-electron chi connectivity index (χ3n) is 6.47. The standard InChI is InChI=1S/C25H23N5O2/c1-15-24(31)28(2)20-11-12-21(27-23(20)29(15)17-9-10-17)30-22(16-6-5-13-26-14-16)18-7-3-4-8-19(18)25(30)32/h3-8,11-15,17,22H,9-10H2,1-2H3/i2D3. The molecular formula is C25H23N5O2. The molecule has 1 saturated carbocycles. The molecule has 0 bridgehead atoms. The monoisotopic (exact) mass is 428 g/mol. The smallest absolute Gasteiger partial charge is 0.260 e. The Kier molecular flexibility index (Phi) is 3.44. The maximum atomic E-state index is 13.6. The van der Waals surface area contributed by atoms with Crippen LogP contribution >= 0.6 is 0 Å². The van der Waals surface area contributed by atoms with E-state index in [1.54, 1.807) is 42.4 Å². The van der Waals surface area contributed by atoms with Crippen molar-refractivity contribution >= 4 is 29.1 Å². The minimum Gasteiger partial charge on any atom is -0.340 e. The first-order valence-electron chi connectivity index (χ1n) is 12.2. The fraction of sp³-hybridized carbons (Fsp3) is 0.280. The molecule has 1 fully saturated rings. The number of nitrogens with zero attached hydrogens (tertiary/aromatic N) is 5. The Hall–Kier alpha value is -3.74. The molecule has 0 radical (unpaired) electrons. The zero-order valence-electron chi connectivity index (χ0n) is 20.5. The summed E-state index contributed by atoms with van der Waals surface area (Å²) in [6.07, 6.45) is 5.23. The Morgan fingerprint density at radius 1 is 1.06 bits per heavy atom. The van der Waals surface area contributed by atoms with Gasteiger partial charge >= 0.3 is 0 Å². The predicted molar refractivity (Wildman–Crippen MR) is 122 cm³/mol. The summed E-state index contributed by atoms with van der Waals surface area (Å²) >= 11 is 0. The molecule has 0 spiro atoms. The van der Waals surface area contributed by atoms with Gasteiger partial charge in [0.1, 0.15) is 11.9 Å². The highest BCUT2D eigenvalue weighted by Crippen LogP contribution is 2.45. The molecule has 160 valence electrons. The molecule has 0 N–H and O–H groups in total. The number of rotatable bonds is 3. The fourth-order valence-electron chi connectivity index (χ4n) is 4.80. The first-order chi connectivity index (χ1) is 16.8. The molecule has 7 heteroatoms. The fourth-order valence-corrected chi connectivity index (χ4v) is 4.80. The molecule has 3 aliphatic rings. The van der Waals surface area contributed by atoms with Crippen LogP contribution in [0.15, 0.2) is 60.9 Å². The molecule has 7 nitrogen and oxygen atoms in total. The van der Waals surface area contributed by atoms with Crippen molar-refractivity contribution in [1.82, 2.24) is 9.97 Å². The molecule has 2 aliphatic heterocycles. The van der Waals surface area contributed by atoms with E-state index in [2.05, 4.69) is 4.98 Å². The third kappa shape index (κ3) is 2.67. The van der Waals surface area contributed by atoms with Crippen LogP contribution in [0, 0.1) is 0 Å². The Balaban J connectivity index is 1.52. The highest BCUT2D eigenvalue weighted by Gasteiger charge is 2.44. The van der Waals surface area contributed by atoms with E-state index in [1.165, 1.54) is 0 Å². The van der Waals surface area contributed by atoms with Gasteiger partial charge in [-0.15, -0.1) is 0 Å².